The van der Waals surface area contributed by atoms with E-state index in [4.69, 9.17) is 4.42 Å². The molecule has 4 heteroatoms. The molecule has 0 spiro atoms. The van der Waals surface area contributed by atoms with Gasteiger partial charge in [-0.15, -0.1) is 0 Å². The summed E-state index contributed by atoms with van der Waals surface area (Å²) in [5.74, 6) is 2.21. The second-order valence-electron chi connectivity index (χ2n) is 5.86. The lowest BCUT2D eigenvalue weighted by atomic mass is 9.98. The standard InChI is InChI=1S/C18H21N3O/c1-12(2)17(21-11-16-19-9-6-10-20-16)18-13(3)14-7-4-5-8-15(14)22-18/h4-10,12,17,21H,11H2,1-3H3. The molecule has 0 radical (unpaired) electrons. The van der Waals surface area contributed by atoms with Crippen LogP contribution in [-0.2, 0) is 6.54 Å². The Morgan fingerprint density at radius 3 is 2.50 bits per heavy atom. The number of fused-ring (bicyclic) bond motifs is 1. The van der Waals surface area contributed by atoms with Gasteiger partial charge >= 0.3 is 0 Å². The van der Waals surface area contributed by atoms with Crippen LogP contribution in [0.4, 0.5) is 0 Å². The second-order valence-corrected chi connectivity index (χ2v) is 5.86. The molecule has 22 heavy (non-hydrogen) atoms. The zero-order valence-corrected chi connectivity index (χ0v) is 13.2. The van der Waals surface area contributed by atoms with Gasteiger partial charge in [0.25, 0.3) is 0 Å². The predicted octanol–water partition coefficient (Wildman–Crippen LogP) is 4.02. The highest BCUT2D eigenvalue weighted by Gasteiger charge is 2.23. The fraction of sp³-hybridized carbons (Fsp3) is 0.333. The monoisotopic (exact) mass is 295 g/mol. The summed E-state index contributed by atoms with van der Waals surface area (Å²) < 4.78 is 6.11. The summed E-state index contributed by atoms with van der Waals surface area (Å²) in [5, 5.41) is 4.72. The minimum Gasteiger partial charge on any atom is -0.459 e. The van der Waals surface area contributed by atoms with E-state index < -0.39 is 0 Å². The van der Waals surface area contributed by atoms with Crippen molar-refractivity contribution in [3.8, 4) is 0 Å². The van der Waals surface area contributed by atoms with Gasteiger partial charge in [-0.05, 0) is 30.5 Å². The van der Waals surface area contributed by atoms with Crippen molar-refractivity contribution in [1.82, 2.24) is 15.3 Å². The van der Waals surface area contributed by atoms with Gasteiger partial charge in [-0.1, -0.05) is 32.0 Å². The van der Waals surface area contributed by atoms with Crippen LogP contribution in [0.5, 0.6) is 0 Å². The molecule has 1 N–H and O–H groups in total. The Labute approximate surface area is 130 Å². The number of aromatic nitrogens is 2. The quantitative estimate of drug-likeness (QED) is 0.772. The maximum absolute atomic E-state index is 6.11. The number of benzene rings is 1. The third-order valence-electron chi connectivity index (χ3n) is 3.93. The maximum Gasteiger partial charge on any atom is 0.141 e. The first-order chi connectivity index (χ1) is 10.7. The van der Waals surface area contributed by atoms with E-state index in [1.54, 1.807) is 12.4 Å². The molecule has 0 aliphatic heterocycles. The summed E-state index contributed by atoms with van der Waals surface area (Å²) in [6.07, 6.45) is 3.53. The Morgan fingerprint density at radius 2 is 1.82 bits per heavy atom. The van der Waals surface area contributed by atoms with Crippen molar-refractivity contribution in [1.29, 1.82) is 0 Å². The fourth-order valence-electron chi connectivity index (χ4n) is 2.74. The molecule has 1 aromatic carbocycles. The number of rotatable bonds is 5. The van der Waals surface area contributed by atoms with Crippen LogP contribution < -0.4 is 5.32 Å². The van der Waals surface area contributed by atoms with Crippen molar-refractivity contribution in [3.63, 3.8) is 0 Å². The first kappa shape index (κ1) is 14.7. The topological polar surface area (TPSA) is 51.0 Å². The molecule has 0 saturated heterocycles. The van der Waals surface area contributed by atoms with E-state index in [1.807, 2.05) is 24.3 Å². The van der Waals surface area contributed by atoms with E-state index in [9.17, 15) is 0 Å². The van der Waals surface area contributed by atoms with E-state index in [2.05, 4.69) is 42.1 Å². The van der Waals surface area contributed by atoms with Gasteiger partial charge in [0.15, 0.2) is 0 Å². The maximum atomic E-state index is 6.11. The Kier molecular flexibility index (Phi) is 4.20. The van der Waals surface area contributed by atoms with Gasteiger partial charge in [-0.3, -0.25) is 0 Å². The zero-order valence-electron chi connectivity index (χ0n) is 13.2. The highest BCUT2D eigenvalue weighted by Crippen LogP contribution is 2.32. The fourth-order valence-corrected chi connectivity index (χ4v) is 2.74. The molecule has 3 rings (SSSR count). The lowest BCUT2D eigenvalue weighted by Gasteiger charge is -2.20. The molecule has 0 aliphatic rings. The number of nitrogens with one attached hydrogen (secondary N) is 1. The molecule has 0 amide bonds. The average molecular weight is 295 g/mol. The molecule has 3 aromatic rings. The molecule has 2 aromatic heterocycles. The summed E-state index contributed by atoms with van der Waals surface area (Å²) in [5.41, 5.74) is 2.15. The number of furan rings is 1. The summed E-state index contributed by atoms with van der Waals surface area (Å²) in [6.45, 7) is 7.13. The SMILES string of the molecule is Cc1c(C(NCc2ncccn2)C(C)C)oc2ccccc12. The van der Waals surface area contributed by atoms with Crippen molar-refractivity contribution in [2.24, 2.45) is 5.92 Å². The molecule has 4 nitrogen and oxygen atoms in total. The van der Waals surface area contributed by atoms with Gasteiger partial charge in [-0.2, -0.15) is 0 Å². The summed E-state index contributed by atoms with van der Waals surface area (Å²) in [6, 6.07) is 10.1. The Hall–Kier alpha value is -2.20. The van der Waals surface area contributed by atoms with Crippen LogP contribution in [0.2, 0.25) is 0 Å². The Morgan fingerprint density at radius 1 is 1.09 bits per heavy atom. The van der Waals surface area contributed by atoms with E-state index in [0.29, 0.717) is 12.5 Å². The molecular weight excluding hydrogens is 274 g/mol. The van der Waals surface area contributed by atoms with Crippen molar-refractivity contribution in [2.45, 2.75) is 33.4 Å². The summed E-state index contributed by atoms with van der Waals surface area (Å²) in [7, 11) is 0. The number of nitrogens with zero attached hydrogens (tertiary/aromatic N) is 2. The van der Waals surface area contributed by atoms with Crippen molar-refractivity contribution in [2.75, 3.05) is 0 Å². The molecule has 0 fully saturated rings. The molecule has 114 valence electrons. The van der Waals surface area contributed by atoms with Crippen molar-refractivity contribution >= 4 is 11.0 Å². The van der Waals surface area contributed by atoms with Crippen LogP contribution >= 0.6 is 0 Å². The van der Waals surface area contributed by atoms with E-state index in [1.165, 1.54) is 10.9 Å². The Balaban J connectivity index is 1.88. The smallest absolute Gasteiger partial charge is 0.141 e. The number of para-hydroxylation sites is 1. The molecule has 0 saturated carbocycles. The van der Waals surface area contributed by atoms with Crippen LogP contribution in [0, 0.1) is 12.8 Å². The minimum absolute atomic E-state index is 0.135. The molecule has 1 unspecified atom stereocenters. The number of hydrogen-bond donors (Lipinski definition) is 1. The second kappa shape index (κ2) is 6.28. The normalized spacial score (nSPS) is 12.9. The number of hydrogen-bond acceptors (Lipinski definition) is 4. The molecule has 2 heterocycles. The van der Waals surface area contributed by atoms with Crippen LogP contribution in [0.3, 0.4) is 0 Å². The lowest BCUT2D eigenvalue weighted by molar-refractivity contribution is 0.344. The highest BCUT2D eigenvalue weighted by molar-refractivity contribution is 5.82. The lowest BCUT2D eigenvalue weighted by Crippen LogP contribution is -2.26. The first-order valence-electron chi connectivity index (χ1n) is 7.64. The molecule has 0 bridgehead atoms. The third-order valence-corrected chi connectivity index (χ3v) is 3.93. The number of aryl methyl sites for hydroxylation is 1. The molecular formula is C18H21N3O. The van der Waals surface area contributed by atoms with Gasteiger partial charge in [0.05, 0.1) is 12.6 Å². The third kappa shape index (κ3) is 2.88. The van der Waals surface area contributed by atoms with Gasteiger partial charge in [0.2, 0.25) is 0 Å². The predicted molar refractivity (Wildman–Crippen MR) is 87.4 cm³/mol. The summed E-state index contributed by atoms with van der Waals surface area (Å²) >= 11 is 0. The Bertz CT molecular complexity index is 749. The summed E-state index contributed by atoms with van der Waals surface area (Å²) in [4.78, 5) is 8.53. The van der Waals surface area contributed by atoms with Gasteiger partial charge in [-0.25, -0.2) is 9.97 Å². The van der Waals surface area contributed by atoms with E-state index >= 15 is 0 Å². The van der Waals surface area contributed by atoms with Crippen LogP contribution in [-0.4, -0.2) is 9.97 Å². The average Bonchev–Trinajstić information content (AvgIpc) is 2.86. The van der Waals surface area contributed by atoms with Gasteiger partial charge < -0.3 is 9.73 Å². The zero-order chi connectivity index (χ0) is 15.5. The van der Waals surface area contributed by atoms with Crippen molar-refractivity contribution in [3.05, 3.63) is 59.9 Å². The largest absolute Gasteiger partial charge is 0.459 e. The van der Waals surface area contributed by atoms with Gasteiger partial charge in [0, 0.05) is 17.8 Å². The molecule has 1 atom stereocenters. The van der Waals surface area contributed by atoms with E-state index in [0.717, 1.165) is 17.2 Å². The van der Waals surface area contributed by atoms with Crippen LogP contribution in [0.15, 0.2) is 47.1 Å². The first-order valence-corrected chi connectivity index (χ1v) is 7.64. The van der Waals surface area contributed by atoms with Gasteiger partial charge in [0.1, 0.15) is 17.2 Å². The van der Waals surface area contributed by atoms with Crippen LogP contribution in [0.1, 0.15) is 37.0 Å². The highest BCUT2D eigenvalue weighted by atomic mass is 16.3. The minimum atomic E-state index is 0.135. The van der Waals surface area contributed by atoms with Crippen LogP contribution in [0.25, 0.3) is 11.0 Å². The van der Waals surface area contributed by atoms with Crippen molar-refractivity contribution < 1.29 is 4.42 Å². The van der Waals surface area contributed by atoms with E-state index in [-0.39, 0.29) is 6.04 Å². The molecule has 0 aliphatic carbocycles.